The Morgan fingerprint density at radius 2 is 2.00 bits per heavy atom. The molecule has 1 saturated heterocycles. The first kappa shape index (κ1) is 14.8. The van der Waals surface area contributed by atoms with E-state index in [4.69, 9.17) is 4.74 Å². The standard InChI is InChI=1S/C11H15N5O5/c1-2-21-11(18)15-5-3-14(4-6-15)10(17)9-8(16(19)20)7-12-13-9/h7H,2-6H2,1H3,(H,12,13). The van der Waals surface area contributed by atoms with Crippen molar-refractivity contribution in [2.45, 2.75) is 6.92 Å². The number of nitrogens with zero attached hydrogens (tertiary/aromatic N) is 4. The second-order valence-electron chi connectivity index (χ2n) is 4.37. The Bertz CT molecular complexity index is 549. The maximum Gasteiger partial charge on any atom is 0.409 e. The second kappa shape index (κ2) is 6.20. The molecule has 1 N–H and O–H groups in total. The molecule has 1 aromatic rings. The van der Waals surface area contributed by atoms with Crippen molar-refractivity contribution in [1.82, 2.24) is 20.0 Å². The van der Waals surface area contributed by atoms with Gasteiger partial charge in [0.05, 0.1) is 11.5 Å². The molecule has 21 heavy (non-hydrogen) atoms. The molecule has 1 aromatic heterocycles. The number of carbonyl (C=O) groups is 2. The molecule has 0 spiro atoms. The number of hydrogen-bond acceptors (Lipinski definition) is 6. The molecule has 0 saturated carbocycles. The molecule has 1 aliphatic heterocycles. The molecule has 10 nitrogen and oxygen atoms in total. The average Bonchev–Trinajstić information content (AvgIpc) is 2.96. The minimum atomic E-state index is -0.661. The number of nitrogens with one attached hydrogen (secondary N) is 1. The number of H-pyrrole nitrogens is 1. The van der Waals surface area contributed by atoms with Crippen LogP contribution in [0.3, 0.4) is 0 Å². The third-order valence-electron chi connectivity index (χ3n) is 3.12. The number of piperazine rings is 1. The Labute approximate surface area is 119 Å². The minimum absolute atomic E-state index is 0.149. The monoisotopic (exact) mass is 297 g/mol. The normalized spacial score (nSPS) is 14.9. The lowest BCUT2D eigenvalue weighted by atomic mass is 10.2. The molecule has 1 aliphatic rings. The first-order valence-electron chi connectivity index (χ1n) is 6.43. The van der Waals surface area contributed by atoms with E-state index in [0.29, 0.717) is 13.1 Å². The lowest BCUT2D eigenvalue weighted by molar-refractivity contribution is -0.385. The molecule has 0 unspecified atom stereocenters. The maximum atomic E-state index is 12.2. The molecule has 0 bridgehead atoms. The fourth-order valence-electron chi connectivity index (χ4n) is 2.04. The molecule has 2 rings (SSSR count). The summed E-state index contributed by atoms with van der Waals surface area (Å²) < 4.78 is 4.88. The average molecular weight is 297 g/mol. The van der Waals surface area contributed by atoms with E-state index in [1.165, 1.54) is 9.80 Å². The summed E-state index contributed by atoms with van der Waals surface area (Å²) in [5, 5.41) is 16.7. The summed E-state index contributed by atoms with van der Waals surface area (Å²) in [5.74, 6) is -0.497. The lowest BCUT2D eigenvalue weighted by Crippen LogP contribution is -2.50. The first-order chi connectivity index (χ1) is 10.0. The molecule has 10 heteroatoms. The van der Waals surface area contributed by atoms with Gasteiger partial charge in [-0.15, -0.1) is 0 Å². The molecule has 0 aliphatic carbocycles. The number of ether oxygens (including phenoxy) is 1. The molecule has 0 atom stereocenters. The van der Waals surface area contributed by atoms with E-state index >= 15 is 0 Å². The number of carbonyl (C=O) groups excluding carboxylic acids is 2. The quantitative estimate of drug-likeness (QED) is 0.629. The Morgan fingerprint density at radius 3 is 2.57 bits per heavy atom. The predicted octanol–water partition coefficient (Wildman–Crippen LogP) is 0.232. The summed E-state index contributed by atoms with van der Waals surface area (Å²) in [6, 6.07) is 0. The van der Waals surface area contributed by atoms with Crippen molar-refractivity contribution in [3.63, 3.8) is 0 Å². The molecule has 2 heterocycles. The highest BCUT2D eigenvalue weighted by molar-refractivity contribution is 5.96. The highest BCUT2D eigenvalue weighted by atomic mass is 16.6. The highest BCUT2D eigenvalue weighted by Gasteiger charge is 2.30. The molecule has 1 fully saturated rings. The summed E-state index contributed by atoms with van der Waals surface area (Å²) in [6.45, 7) is 3.23. The summed E-state index contributed by atoms with van der Waals surface area (Å²) >= 11 is 0. The van der Waals surface area contributed by atoms with Crippen LogP contribution in [-0.4, -0.2) is 69.7 Å². The Morgan fingerprint density at radius 1 is 1.38 bits per heavy atom. The van der Waals surface area contributed by atoms with Gasteiger partial charge < -0.3 is 14.5 Å². The van der Waals surface area contributed by atoms with Crippen LogP contribution < -0.4 is 0 Å². The molecule has 2 amide bonds. The van der Waals surface area contributed by atoms with Crippen LogP contribution in [0, 0.1) is 10.1 Å². The van der Waals surface area contributed by atoms with Crippen molar-refractivity contribution >= 4 is 17.7 Å². The van der Waals surface area contributed by atoms with E-state index in [1.54, 1.807) is 6.92 Å². The van der Waals surface area contributed by atoms with Gasteiger partial charge in [-0.3, -0.25) is 20.0 Å². The van der Waals surface area contributed by atoms with Crippen LogP contribution in [0.25, 0.3) is 0 Å². The number of amides is 2. The van der Waals surface area contributed by atoms with Gasteiger partial charge in [-0.05, 0) is 6.92 Å². The number of aromatic amines is 1. The van der Waals surface area contributed by atoms with E-state index in [2.05, 4.69) is 10.2 Å². The van der Waals surface area contributed by atoms with E-state index in [0.717, 1.165) is 6.20 Å². The van der Waals surface area contributed by atoms with Crippen molar-refractivity contribution in [3.05, 3.63) is 22.0 Å². The first-order valence-corrected chi connectivity index (χ1v) is 6.43. The lowest BCUT2D eigenvalue weighted by Gasteiger charge is -2.33. The Balaban J connectivity index is 1.99. The number of nitro groups is 1. The van der Waals surface area contributed by atoms with E-state index in [9.17, 15) is 19.7 Å². The van der Waals surface area contributed by atoms with Gasteiger partial charge in [-0.1, -0.05) is 0 Å². The van der Waals surface area contributed by atoms with Gasteiger partial charge >= 0.3 is 11.8 Å². The molecule has 114 valence electrons. The fourth-order valence-corrected chi connectivity index (χ4v) is 2.04. The maximum absolute atomic E-state index is 12.2. The van der Waals surface area contributed by atoms with Crippen LogP contribution in [0.2, 0.25) is 0 Å². The van der Waals surface area contributed by atoms with Gasteiger partial charge in [-0.25, -0.2) is 4.79 Å². The van der Waals surface area contributed by atoms with Crippen molar-refractivity contribution < 1.29 is 19.2 Å². The SMILES string of the molecule is CCOC(=O)N1CCN(C(=O)c2[nH]ncc2[N+](=O)[O-])CC1. The molecule has 0 radical (unpaired) electrons. The summed E-state index contributed by atoms with van der Waals surface area (Å²) in [4.78, 5) is 36.8. The Kier molecular flexibility index (Phi) is 4.36. The van der Waals surface area contributed by atoms with Crippen LogP contribution in [0.15, 0.2) is 6.20 Å². The van der Waals surface area contributed by atoms with Gasteiger partial charge in [0.15, 0.2) is 0 Å². The number of rotatable bonds is 3. The third-order valence-corrected chi connectivity index (χ3v) is 3.12. The van der Waals surface area contributed by atoms with E-state index < -0.39 is 16.9 Å². The fraction of sp³-hybridized carbons (Fsp3) is 0.545. The smallest absolute Gasteiger partial charge is 0.409 e. The van der Waals surface area contributed by atoms with Crippen molar-refractivity contribution in [1.29, 1.82) is 0 Å². The van der Waals surface area contributed by atoms with Crippen molar-refractivity contribution in [2.24, 2.45) is 0 Å². The van der Waals surface area contributed by atoms with Crippen LogP contribution in [0.1, 0.15) is 17.4 Å². The summed E-state index contributed by atoms with van der Waals surface area (Å²) in [5.41, 5.74) is -0.502. The highest BCUT2D eigenvalue weighted by Crippen LogP contribution is 2.17. The van der Waals surface area contributed by atoms with Crippen molar-refractivity contribution in [2.75, 3.05) is 32.8 Å². The van der Waals surface area contributed by atoms with Crippen LogP contribution >= 0.6 is 0 Å². The molecular weight excluding hydrogens is 282 g/mol. The number of aromatic nitrogens is 2. The Hall–Kier alpha value is -2.65. The predicted molar refractivity (Wildman–Crippen MR) is 69.7 cm³/mol. The third kappa shape index (κ3) is 3.09. The zero-order valence-corrected chi connectivity index (χ0v) is 11.4. The summed E-state index contributed by atoms with van der Waals surface area (Å²) in [6.07, 6.45) is 0.583. The van der Waals surface area contributed by atoms with Crippen molar-refractivity contribution in [3.8, 4) is 0 Å². The zero-order chi connectivity index (χ0) is 15.4. The molecular formula is C11H15N5O5. The topological polar surface area (TPSA) is 122 Å². The second-order valence-corrected chi connectivity index (χ2v) is 4.37. The van der Waals surface area contributed by atoms with E-state index in [1.807, 2.05) is 0 Å². The minimum Gasteiger partial charge on any atom is -0.450 e. The zero-order valence-electron chi connectivity index (χ0n) is 11.4. The largest absolute Gasteiger partial charge is 0.450 e. The van der Waals surface area contributed by atoms with Gasteiger partial charge in [0.1, 0.15) is 6.20 Å². The molecule has 0 aromatic carbocycles. The van der Waals surface area contributed by atoms with Gasteiger partial charge in [0.2, 0.25) is 5.69 Å². The van der Waals surface area contributed by atoms with Crippen LogP contribution in [0.5, 0.6) is 0 Å². The summed E-state index contributed by atoms with van der Waals surface area (Å²) in [7, 11) is 0. The van der Waals surface area contributed by atoms with Gasteiger partial charge in [0.25, 0.3) is 5.91 Å². The number of hydrogen-bond donors (Lipinski definition) is 1. The van der Waals surface area contributed by atoms with Gasteiger partial charge in [-0.2, -0.15) is 5.10 Å². The van der Waals surface area contributed by atoms with E-state index in [-0.39, 0.29) is 31.1 Å². The van der Waals surface area contributed by atoms with Crippen LogP contribution in [0.4, 0.5) is 10.5 Å². The van der Waals surface area contributed by atoms with Crippen LogP contribution in [-0.2, 0) is 4.74 Å². The van der Waals surface area contributed by atoms with Gasteiger partial charge in [0, 0.05) is 26.2 Å².